The zero-order valence-corrected chi connectivity index (χ0v) is 10.1. The van der Waals surface area contributed by atoms with Gasteiger partial charge in [0.05, 0.1) is 5.69 Å². The van der Waals surface area contributed by atoms with Crippen LogP contribution in [0.3, 0.4) is 0 Å². The molecule has 2 aromatic rings. The molecular weight excluding hydrogens is 200 g/mol. The van der Waals surface area contributed by atoms with E-state index in [4.69, 9.17) is 10.2 Å². The minimum atomic E-state index is 0.652. The van der Waals surface area contributed by atoms with E-state index in [9.17, 15) is 0 Å². The second-order valence-corrected chi connectivity index (χ2v) is 4.18. The second kappa shape index (κ2) is 3.67. The van der Waals surface area contributed by atoms with Crippen molar-refractivity contribution in [1.29, 1.82) is 0 Å². The van der Waals surface area contributed by atoms with E-state index in [0.29, 0.717) is 5.89 Å². The van der Waals surface area contributed by atoms with Crippen LogP contribution in [0, 0.1) is 27.7 Å². The van der Waals surface area contributed by atoms with E-state index in [1.807, 2.05) is 33.8 Å². The minimum absolute atomic E-state index is 0.652. The molecule has 3 heteroatoms. The summed E-state index contributed by atoms with van der Waals surface area (Å²) in [6.45, 7) is 7.89. The van der Waals surface area contributed by atoms with E-state index in [1.54, 1.807) is 0 Å². The number of hydrogen-bond acceptors (Lipinski definition) is 3. The Morgan fingerprint density at radius 3 is 2.31 bits per heavy atom. The number of oxazole rings is 1. The number of rotatable bonds is 1. The fourth-order valence-corrected chi connectivity index (χ4v) is 1.69. The summed E-state index contributed by atoms with van der Waals surface area (Å²) in [4.78, 5) is 4.39. The van der Waals surface area contributed by atoms with Gasteiger partial charge in [0.2, 0.25) is 5.89 Å². The predicted molar refractivity (Wildman–Crippen MR) is 65.3 cm³/mol. The van der Waals surface area contributed by atoms with Gasteiger partial charge in [-0.25, -0.2) is 4.98 Å². The molecule has 0 aliphatic heterocycles. The molecule has 3 nitrogen and oxygen atoms in total. The fourth-order valence-electron chi connectivity index (χ4n) is 1.69. The largest absolute Gasteiger partial charge is 0.441 e. The van der Waals surface area contributed by atoms with Gasteiger partial charge in [-0.15, -0.1) is 0 Å². The van der Waals surface area contributed by atoms with Gasteiger partial charge in [-0.1, -0.05) is 6.07 Å². The average molecular weight is 216 g/mol. The zero-order valence-electron chi connectivity index (χ0n) is 10.1. The van der Waals surface area contributed by atoms with E-state index >= 15 is 0 Å². The lowest BCUT2D eigenvalue weighted by Crippen LogP contribution is -1.93. The van der Waals surface area contributed by atoms with Crippen LogP contribution in [0.5, 0.6) is 0 Å². The molecule has 2 rings (SSSR count). The molecule has 0 spiro atoms. The molecule has 16 heavy (non-hydrogen) atoms. The monoisotopic (exact) mass is 216 g/mol. The SMILES string of the molecule is Cc1cc(C)c(-c2nc(C)c(C)o2)cc1N. The number of aromatic nitrogens is 1. The van der Waals surface area contributed by atoms with Crippen molar-refractivity contribution >= 4 is 5.69 Å². The lowest BCUT2D eigenvalue weighted by molar-refractivity contribution is 0.540. The molecule has 1 aromatic carbocycles. The van der Waals surface area contributed by atoms with Gasteiger partial charge in [-0.05, 0) is 44.9 Å². The molecule has 1 aromatic heterocycles. The fraction of sp³-hybridized carbons (Fsp3) is 0.308. The third kappa shape index (κ3) is 1.69. The van der Waals surface area contributed by atoms with Crippen molar-refractivity contribution in [3.8, 4) is 11.5 Å². The van der Waals surface area contributed by atoms with Crippen LogP contribution in [-0.2, 0) is 0 Å². The van der Waals surface area contributed by atoms with E-state index < -0.39 is 0 Å². The van der Waals surface area contributed by atoms with Crippen molar-refractivity contribution in [3.63, 3.8) is 0 Å². The van der Waals surface area contributed by atoms with Gasteiger partial charge in [0.1, 0.15) is 5.76 Å². The van der Waals surface area contributed by atoms with E-state index in [2.05, 4.69) is 11.1 Å². The molecule has 2 N–H and O–H groups in total. The average Bonchev–Trinajstić information content (AvgIpc) is 2.53. The molecule has 0 unspecified atom stereocenters. The van der Waals surface area contributed by atoms with Crippen molar-refractivity contribution < 1.29 is 4.42 Å². The molecule has 0 atom stereocenters. The van der Waals surface area contributed by atoms with Crippen molar-refractivity contribution in [1.82, 2.24) is 4.98 Å². The van der Waals surface area contributed by atoms with Crippen LogP contribution in [0.1, 0.15) is 22.6 Å². The predicted octanol–water partition coefficient (Wildman–Crippen LogP) is 3.16. The summed E-state index contributed by atoms with van der Waals surface area (Å²) in [5.41, 5.74) is 10.8. The van der Waals surface area contributed by atoms with E-state index in [-0.39, 0.29) is 0 Å². The molecule has 0 saturated heterocycles. The number of nitrogens with two attached hydrogens (primary N) is 1. The lowest BCUT2D eigenvalue weighted by atomic mass is 10.0. The Balaban J connectivity index is 2.60. The third-order valence-electron chi connectivity index (χ3n) is 2.87. The molecule has 84 valence electrons. The first-order valence-corrected chi connectivity index (χ1v) is 5.30. The first-order valence-electron chi connectivity index (χ1n) is 5.30. The first kappa shape index (κ1) is 10.7. The maximum atomic E-state index is 5.90. The lowest BCUT2D eigenvalue weighted by Gasteiger charge is -2.06. The summed E-state index contributed by atoms with van der Waals surface area (Å²) in [5, 5.41) is 0. The Bertz CT molecular complexity index is 522. The highest BCUT2D eigenvalue weighted by atomic mass is 16.4. The summed E-state index contributed by atoms with van der Waals surface area (Å²) in [6, 6.07) is 3.98. The molecule has 0 saturated carbocycles. The Morgan fingerprint density at radius 1 is 1.06 bits per heavy atom. The molecular formula is C13H16N2O. The van der Waals surface area contributed by atoms with Crippen LogP contribution in [0.25, 0.3) is 11.5 Å². The summed E-state index contributed by atoms with van der Waals surface area (Å²) in [7, 11) is 0. The quantitative estimate of drug-likeness (QED) is 0.745. The highest BCUT2D eigenvalue weighted by molar-refractivity contribution is 5.66. The molecule has 0 aliphatic rings. The van der Waals surface area contributed by atoms with Crippen LogP contribution in [0.15, 0.2) is 16.5 Å². The van der Waals surface area contributed by atoms with Gasteiger partial charge in [0.15, 0.2) is 0 Å². The van der Waals surface area contributed by atoms with Crippen LogP contribution in [0.4, 0.5) is 5.69 Å². The van der Waals surface area contributed by atoms with Gasteiger partial charge >= 0.3 is 0 Å². The summed E-state index contributed by atoms with van der Waals surface area (Å²) >= 11 is 0. The Hall–Kier alpha value is -1.77. The molecule has 0 fully saturated rings. The molecule has 0 aliphatic carbocycles. The third-order valence-corrected chi connectivity index (χ3v) is 2.87. The number of nitrogens with zero attached hydrogens (tertiary/aromatic N) is 1. The zero-order chi connectivity index (χ0) is 11.9. The number of anilines is 1. The van der Waals surface area contributed by atoms with E-state index in [0.717, 1.165) is 33.8 Å². The van der Waals surface area contributed by atoms with E-state index in [1.165, 1.54) is 0 Å². The molecule has 1 heterocycles. The number of hydrogen-bond donors (Lipinski definition) is 1. The summed E-state index contributed by atoms with van der Waals surface area (Å²) in [6.07, 6.45) is 0. The van der Waals surface area contributed by atoms with Gasteiger partial charge in [0.25, 0.3) is 0 Å². The minimum Gasteiger partial charge on any atom is -0.441 e. The van der Waals surface area contributed by atoms with Gasteiger partial charge in [0, 0.05) is 11.3 Å². The van der Waals surface area contributed by atoms with Crippen molar-refractivity contribution in [2.24, 2.45) is 0 Å². The molecule has 0 bridgehead atoms. The van der Waals surface area contributed by atoms with Crippen LogP contribution < -0.4 is 5.73 Å². The van der Waals surface area contributed by atoms with Gasteiger partial charge in [-0.2, -0.15) is 0 Å². The Morgan fingerprint density at radius 2 is 1.75 bits per heavy atom. The summed E-state index contributed by atoms with van der Waals surface area (Å²) in [5.74, 6) is 1.51. The molecule has 0 amide bonds. The van der Waals surface area contributed by atoms with Crippen LogP contribution in [-0.4, -0.2) is 4.98 Å². The van der Waals surface area contributed by atoms with Gasteiger partial charge < -0.3 is 10.2 Å². The maximum absolute atomic E-state index is 5.90. The van der Waals surface area contributed by atoms with Crippen molar-refractivity contribution in [3.05, 3.63) is 34.7 Å². The number of nitrogen functional groups attached to an aromatic ring is 1. The van der Waals surface area contributed by atoms with Gasteiger partial charge in [-0.3, -0.25) is 0 Å². The highest BCUT2D eigenvalue weighted by Crippen LogP contribution is 2.28. The first-order chi connectivity index (χ1) is 7.49. The smallest absolute Gasteiger partial charge is 0.226 e. The van der Waals surface area contributed by atoms with Crippen LogP contribution in [0.2, 0.25) is 0 Å². The standard InChI is InChI=1S/C13H16N2O/c1-7-5-8(2)12(14)6-11(7)13-15-9(3)10(4)16-13/h5-6H,14H2,1-4H3. The Labute approximate surface area is 95.3 Å². The maximum Gasteiger partial charge on any atom is 0.226 e. The summed E-state index contributed by atoms with van der Waals surface area (Å²) < 4.78 is 5.61. The topological polar surface area (TPSA) is 52.0 Å². The molecule has 0 radical (unpaired) electrons. The second-order valence-electron chi connectivity index (χ2n) is 4.18. The number of benzene rings is 1. The van der Waals surface area contributed by atoms with Crippen molar-refractivity contribution in [2.75, 3.05) is 5.73 Å². The van der Waals surface area contributed by atoms with Crippen LogP contribution >= 0.6 is 0 Å². The highest BCUT2D eigenvalue weighted by Gasteiger charge is 2.11. The Kier molecular flexibility index (Phi) is 2.46. The normalized spacial score (nSPS) is 10.8. The van der Waals surface area contributed by atoms with Crippen molar-refractivity contribution in [2.45, 2.75) is 27.7 Å². The number of aryl methyl sites for hydroxylation is 4.